The van der Waals surface area contributed by atoms with E-state index in [2.05, 4.69) is 20.3 Å². The Morgan fingerprint density at radius 1 is 1.19 bits per heavy atom. The molecule has 5 rings (SSSR count). The molecule has 7 nitrogen and oxygen atoms in total. The number of nitrogens with one attached hydrogen (secondary N) is 1. The Balaban J connectivity index is 1.76. The normalized spacial score (nSPS) is 11.5. The molecule has 0 saturated carbocycles. The predicted molar refractivity (Wildman–Crippen MR) is 110 cm³/mol. The van der Waals surface area contributed by atoms with Gasteiger partial charge in [0.2, 0.25) is 0 Å². The number of nitrogens with zero attached hydrogens (tertiary/aromatic N) is 4. The third kappa shape index (κ3) is 2.39. The van der Waals surface area contributed by atoms with Crippen molar-refractivity contribution in [3.8, 4) is 10.9 Å². The van der Waals surface area contributed by atoms with Crippen molar-refractivity contribution >= 4 is 59.0 Å². The number of methoxy groups -OCH3 is 1. The van der Waals surface area contributed by atoms with Gasteiger partial charge in [0.05, 0.1) is 28.2 Å². The molecule has 27 heavy (non-hydrogen) atoms. The van der Waals surface area contributed by atoms with Gasteiger partial charge in [-0.25, -0.2) is 19.5 Å². The fourth-order valence-electron chi connectivity index (χ4n) is 3.02. The van der Waals surface area contributed by atoms with E-state index in [4.69, 9.17) is 4.74 Å². The van der Waals surface area contributed by atoms with Crippen molar-refractivity contribution in [3.05, 3.63) is 47.1 Å². The molecule has 0 amide bonds. The number of fused-ring (bicyclic) bond motifs is 4. The quantitative estimate of drug-likeness (QED) is 0.502. The average molecular weight is 395 g/mol. The summed E-state index contributed by atoms with van der Waals surface area (Å²) < 4.78 is 8.27. The van der Waals surface area contributed by atoms with Crippen molar-refractivity contribution in [2.45, 2.75) is 0 Å². The smallest absolute Gasteiger partial charge is 0.277 e. The number of anilines is 1. The second-order valence-electron chi connectivity index (χ2n) is 5.82. The molecule has 0 fully saturated rings. The first-order valence-electron chi connectivity index (χ1n) is 8.11. The number of hydrogen-bond acceptors (Lipinski definition) is 8. The largest absolute Gasteiger partial charge is 0.497 e. The van der Waals surface area contributed by atoms with Gasteiger partial charge in [-0.15, -0.1) is 11.3 Å². The van der Waals surface area contributed by atoms with Gasteiger partial charge in [-0.3, -0.25) is 4.79 Å². The number of rotatable bonds is 3. The molecule has 0 atom stereocenters. The topological polar surface area (TPSA) is 81.9 Å². The number of hydrogen-bond donors (Lipinski definition) is 1. The predicted octanol–water partition coefficient (Wildman–Crippen LogP) is 3.66. The van der Waals surface area contributed by atoms with Crippen molar-refractivity contribution in [2.75, 3.05) is 19.5 Å². The van der Waals surface area contributed by atoms with Crippen LogP contribution >= 0.6 is 22.7 Å². The van der Waals surface area contributed by atoms with Gasteiger partial charge in [0.25, 0.3) is 5.56 Å². The van der Waals surface area contributed by atoms with Crippen LogP contribution in [0.15, 0.2) is 41.6 Å². The van der Waals surface area contributed by atoms with Gasteiger partial charge in [-0.2, -0.15) is 0 Å². The first-order chi connectivity index (χ1) is 13.2. The minimum Gasteiger partial charge on any atom is -0.497 e. The van der Waals surface area contributed by atoms with Crippen LogP contribution in [0.2, 0.25) is 0 Å². The molecule has 5 aromatic rings. The molecule has 0 saturated heterocycles. The van der Waals surface area contributed by atoms with Crippen molar-refractivity contribution in [1.29, 1.82) is 0 Å². The Kier molecular flexibility index (Phi) is 3.59. The Morgan fingerprint density at radius 2 is 2.07 bits per heavy atom. The van der Waals surface area contributed by atoms with Crippen LogP contribution < -0.4 is 15.6 Å². The number of thiophene rings is 1. The molecule has 134 valence electrons. The van der Waals surface area contributed by atoms with Crippen LogP contribution in [0.4, 0.5) is 5.69 Å². The zero-order chi connectivity index (χ0) is 18.5. The number of pyridine rings is 1. The first-order valence-corrected chi connectivity index (χ1v) is 9.74. The van der Waals surface area contributed by atoms with Crippen molar-refractivity contribution in [3.63, 3.8) is 0 Å². The second kappa shape index (κ2) is 6.00. The second-order valence-corrected chi connectivity index (χ2v) is 7.83. The van der Waals surface area contributed by atoms with E-state index in [1.165, 1.54) is 33.6 Å². The highest BCUT2D eigenvalue weighted by atomic mass is 32.1. The Hall–Kier alpha value is -3.04. The maximum Gasteiger partial charge on any atom is 0.277 e. The average Bonchev–Trinajstić information content (AvgIpc) is 3.29. The zero-order valence-corrected chi connectivity index (χ0v) is 16.0. The maximum absolute atomic E-state index is 13.1. The molecular weight excluding hydrogens is 382 g/mol. The summed E-state index contributed by atoms with van der Waals surface area (Å²) in [6, 6.07) is 7.53. The van der Waals surface area contributed by atoms with Gasteiger partial charge in [-0.1, -0.05) is 11.3 Å². The lowest BCUT2D eigenvalue weighted by Gasteiger charge is -2.02. The van der Waals surface area contributed by atoms with E-state index in [9.17, 15) is 4.79 Å². The highest BCUT2D eigenvalue weighted by Crippen LogP contribution is 2.34. The lowest BCUT2D eigenvalue weighted by atomic mass is 10.2. The third-order valence-corrected chi connectivity index (χ3v) is 6.43. The van der Waals surface area contributed by atoms with E-state index in [1.54, 1.807) is 13.3 Å². The molecule has 0 aliphatic rings. The summed E-state index contributed by atoms with van der Waals surface area (Å²) in [5, 5.41) is 4.59. The zero-order valence-electron chi connectivity index (χ0n) is 14.4. The molecule has 1 aromatic carbocycles. The fraction of sp³-hybridized carbons (Fsp3) is 0.111. The van der Waals surface area contributed by atoms with Crippen LogP contribution in [0.3, 0.4) is 0 Å². The van der Waals surface area contributed by atoms with E-state index < -0.39 is 0 Å². The number of aromatic nitrogens is 4. The number of ether oxygens (including phenoxy) is 1. The molecule has 1 N–H and O–H groups in total. The van der Waals surface area contributed by atoms with E-state index in [1.807, 2.05) is 31.3 Å². The van der Waals surface area contributed by atoms with Crippen LogP contribution in [-0.4, -0.2) is 33.7 Å². The molecule has 4 heterocycles. The van der Waals surface area contributed by atoms with Crippen LogP contribution in [0.25, 0.3) is 35.8 Å². The van der Waals surface area contributed by atoms with Crippen molar-refractivity contribution in [2.24, 2.45) is 0 Å². The summed E-state index contributed by atoms with van der Waals surface area (Å²) in [6.07, 6.45) is 3.27. The van der Waals surface area contributed by atoms with Gasteiger partial charge >= 0.3 is 0 Å². The Bertz CT molecular complexity index is 1390. The van der Waals surface area contributed by atoms with Gasteiger partial charge < -0.3 is 10.1 Å². The summed E-state index contributed by atoms with van der Waals surface area (Å²) in [5.41, 5.74) is 2.24. The lowest BCUT2D eigenvalue weighted by molar-refractivity contribution is 0.415. The molecule has 0 spiro atoms. The van der Waals surface area contributed by atoms with Crippen molar-refractivity contribution < 1.29 is 4.74 Å². The Labute approximate surface area is 160 Å². The molecule has 4 aromatic heterocycles. The van der Waals surface area contributed by atoms with Gasteiger partial charge in [-0.05, 0) is 24.3 Å². The minimum atomic E-state index is -0.143. The van der Waals surface area contributed by atoms with Gasteiger partial charge in [0, 0.05) is 18.9 Å². The summed E-state index contributed by atoms with van der Waals surface area (Å²) in [6.45, 7) is 0. The third-order valence-electron chi connectivity index (χ3n) is 4.34. The van der Waals surface area contributed by atoms with Crippen LogP contribution in [0.1, 0.15) is 0 Å². The van der Waals surface area contributed by atoms with E-state index in [0.29, 0.717) is 15.3 Å². The molecule has 0 aliphatic carbocycles. The SMILES string of the molecule is CNc1ccnc2sc3c(=O)n(-c4nc5ccc(OC)cc5s4)cnc3c12. The standard InChI is InChI=1S/C18H13N5O2S2/c1-19-11-5-6-20-16-13(11)14-15(27-16)17(24)23(8-21-14)18-22-10-4-3-9(25-2)7-12(10)26-18/h3-8H,1-2H3,(H,19,20). The summed E-state index contributed by atoms with van der Waals surface area (Å²) >= 11 is 2.78. The summed E-state index contributed by atoms with van der Waals surface area (Å²) in [5.74, 6) is 0.758. The molecule has 0 radical (unpaired) electrons. The summed E-state index contributed by atoms with van der Waals surface area (Å²) in [4.78, 5) is 27.4. The molecule has 0 bridgehead atoms. The Morgan fingerprint density at radius 3 is 2.89 bits per heavy atom. The highest BCUT2D eigenvalue weighted by molar-refractivity contribution is 7.25. The molecule has 9 heteroatoms. The monoisotopic (exact) mass is 395 g/mol. The molecule has 0 aliphatic heterocycles. The summed E-state index contributed by atoms with van der Waals surface area (Å²) in [7, 11) is 3.47. The van der Waals surface area contributed by atoms with Gasteiger partial charge in [0.1, 0.15) is 21.6 Å². The number of benzene rings is 1. The maximum atomic E-state index is 13.1. The first kappa shape index (κ1) is 16.2. The fourth-order valence-corrected chi connectivity index (χ4v) is 5.04. The minimum absolute atomic E-state index is 0.143. The van der Waals surface area contributed by atoms with Crippen LogP contribution in [0, 0.1) is 0 Å². The van der Waals surface area contributed by atoms with Crippen LogP contribution in [0.5, 0.6) is 5.75 Å². The van der Waals surface area contributed by atoms with Gasteiger partial charge in [0.15, 0.2) is 5.13 Å². The van der Waals surface area contributed by atoms with Crippen molar-refractivity contribution in [1.82, 2.24) is 19.5 Å². The lowest BCUT2D eigenvalue weighted by Crippen LogP contribution is -2.17. The van der Waals surface area contributed by atoms with E-state index >= 15 is 0 Å². The number of thiazole rings is 1. The highest BCUT2D eigenvalue weighted by Gasteiger charge is 2.17. The van der Waals surface area contributed by atoms with E-state index in [-0.39, 0.29) is 5.56 Å². The molecular formula is C18H13N5O2S2. The van der Waals surface area contributed by atoms with E-state index in [0.717, 1.165) is 31.9 Å². The van der Waals surface area contributed by atoms with Crippen LogP contribution in [-0.2, 0) is 0 Å². The molecule has 0 unspecified atom stereocenters.